The largest absolute Gasteiger partial charge is 0.462 e. The summed E-state index contributed by atoms with van der Waals surface area (Å²) in [6.07, 6.45) is 11.6. The summed E-state index contributed by atoms with van der Waals surface area (Å²) in [6.45, 7) is 13.4. The lowest BCUT2D eigenvalue weighted by atomic mass is 9.46. The van der Waals surface area contributed by atoms with E-state index in [2.05, 4.69) is 34.6 Å². The summed E-state index contributed by atoms with van der Waals surface area (Å²) >= 11 is 0. The molecule has 0 heterocycles. The molecule has 3 fully saturated rings. The molecule has 5 heteroatoms. The summed E-state index contributed by atoms with van der Waals surface area (Å²) in [5, 5.41) is 12.3. The van der Waals surface area contributed by atoms with Crippen molar-refractivity contribution in [3.05, 3.63) is 21.4 Å². The molecular formula is C29H47NO4. The minimum absolute atomic E-state index is 0.0904. The molecule has 192 valence electrons. The highest BCUT2D eigenvalue weighted by atomic mass is 16.6. The molecule has 0 amide bonds. The van der Waals surface area contributed by atoms with Crippen LogP contribution in [-0.2, 0) is 9.53 Å². The Hall–Kier alpha value is -1.39. The third-order valence-electron chi connectivity index (χ3n) is 10.9. The normalized spacial score (nSPS) is 40.4. The van der Waals surface area contributed by atoms with Crippen LogP contribution in [0.2, 0.25) is 0 Å². The monoisotopic (exact) mass is 473 g/mol. The Kier molecular flexibility index (Phi) is 7.24. The van der Waals surface area contributed by atoms with Crippen molar-refractivity contribution in [3.8, 4) is 0 Å². The predicted molar refractivity (Wildman–Crippen MR) is 135 cm³/mol. The van der Waals surface area contributed by atoms with Crippen LogP contribution >= 0.6 is 0 Å². The van der Waals surface area contributed by atoms with E-state index in [-0.39, 0.29) is 22.4 Å². The minimum Gasteiger partial charge on any atom is -0.462 e. The molecule has 0 aromatic rings. The zero-order chi connectivity index (χ0) is 24.8. The summed E-state index contributed by atoms with van der Waals surface area (Å²) in [5.74, 6) is 3.53. The van der Waals surface area contributed by atoms with Crippen molar-refractivity contribution >= 4 is 5.97 Å². The van der Waals surface area contributed by atoms with E-state index in [0.717, 1.165) is 36.2 Å². The summed E-state index contributed by atoms with van der Waals surface area (Å²) in [7, 11) is 0. The van der Waals surface area contributed by atoms with Crippen LogP contribution in [0.25, 0.3) is 0 Å². The van der Waals surface area contributed by atoms with E-state index in [4.69, 9.17) is 4.74 Å². The standard InChI is InChI=1S/C29H47NO4/c1-18(2)8-7-9-19(3)23-10-11-24-22-17-27(30(32)33)26-16-21(34-20(4)31)12-14-29(26,6)25(22)13-15-28(23,24)5/h18-19,21-25H,7-17H2,1-6H3/t19-,21+,22+,23?,24+,25+,28-,29-/m1/s1. The molecule has 1 unspecified atom stereocenters. The number of nitrogens with zero attached hydrogens (tertiary/aromatic N) is 1. The van der Waals surface area contributed by atoms with Crippen LogP contribution in [0.15, 0.2) is 11.3 Å². The Morgan fingerprint density at radius 3 is 2.44 bits per heavy atom. The third kappa shape index (κ3) is 4.46. The molecule has 34 heavy (non-hydrogen) atoms. The summed E-state index contributed by atoms with van der Waals surface area (Å²) in [6, 6.07) is 0. The Morgan fingerprint density at radius 1 is 1.06 bits per heavy atom. The molecule has 4 rings (SSSR count). The number of carbonyl (C=O) groups is 1. The minimum atomic E-state index is -0.279. The lowest BCUT2D eigenvalue weighted by Crippen LogP contribution is -2.52. The number of hydrogen-bond acceptors (Lipinski definition) is 4. The first-order valence-electron chi connectivity index (χ1n) is 14.0. The van der Waals surface area contributed by atoms with Crippen molar-refractivity contribution in [1.82, 2.24) is 0 Å². The molecule has 3 saturated carbocycles. The van der Waals surface area contributed by atoms with Crippen LogP contribution in [0, 0.1) is 56.5 Å². The maximum Gasteiger partial charge on any atom is 0.302 e. The van der Waals surface area contributed by atoms with Crippen LogP contribution in [0.5, 0.6) is 0 Å². The van der Waals surface area contributed by atoms with E-state index >= 15 is 0 Å². The van der Waals surface area contributed by atoms with Crippen molar-refractivity contribution in [2.24, 2.45) is 46.3 Å². The van der Waals surface area contributed by atoms with E-state index in [1.807, 2.05) is 0 Å². The molecule has 8 atom stereocenters. The molecule has 0 bridgehead atoms. The van der Waals surface area contributed by atoms with E-state index in [1.54, 1.807) is 0 Å². The van der Waals surface area contributed by atoms with E-state index < -0.39 is 0 Å². The van der Waals surface area contributed by atoms with Gasteiger partial charge < -0.3 is 4.74 Å². The number of ether oxygens (including phenoxy) is 1. The molecule has 0 saturated heterocycles. The van der Waals surface area contributed by atoms with Gasteiger partial charge in [0.25, 0.3) is 0 Å². The predicted octanol–water partition coefficient (Wildman–Crippen LogP) is 7.56. The molecule has 5 nitrogen and oxygen atoms in total. The van der Waals surface area contributed by atoms with E-state index in [1.165, 1.54) is 51.9 Å². The van der Waals surface area contributed by atoms with Gasteiger partial charge >= 0.3 is 5.97 Å². The highest BCUT2D eigenvalue weighted by Gasteiger charge is 2.61. The lowest BCUT2D eigenvalue weighted by molar-refractivity contribution is -0.434. The Bertz CT molecular complexity index is 834. The topological polar surface area (TPSA) is 69.4 Å². The van der Waals surface area contributed by atoms with Crippen molar-refractivity contribution < 1.29 is 14.5 Å². The first-order valence-corrected chi connectivity index (χ1v) is 14.0. The van der Waals surface area contributed by atoms with Gasteiger partial charge in [0.1, 0.15) is 6.10 Å². The first-order chi connectivity index (χ1) is 16.0. The van der Waals surface area contributed by atoms with Gasteiger partial charge in [-0.1, -0.05) is 53.9 Å². The fraction of sp³-hybridized carbons (Fsp3) is 0.897. The van der Waals surface area contributed by atoms with Gasteiger partial charge in [0.05, 0.1) is 4.92 Å². The van der Waals surface area contributed by atoms with Crippen LogP contribution in [0.3, 0.4) is 0 Å². The highest BCUT2D eigenvalue weighted by Crippen LogP contribution is 2.68. The van der Waals surface area contributed by atoms with Gasteiger partial charge in [0.15, 0.2) is 0 Å². The smallest absolute Gasteiger partial charge is 0.302 e. The maximum absolute atomic E-state index is 12.3. The molecule has 0 spiro atoms. The maximum atomic E-state index is 12.3. The van der Waals surface area contributed by atoms with E-state index in [9.17, 15) is 14.9 Å². The second-order valence-electron chi connectivity index (χ2n) is 13.2. The SMILES string of the molecule is CC(=O)O[C@H]1CC[C@@]2(C)C(=C([N+](=O)[O-])C[C@@H]3[C@@H]2CC[C@]2(C)C([C@H](C)CCCC(C)C)CC[C@@H]32)C1. The number of hydrogen-bond donors (Lipinski definition) is 0. The number of nitro groups is 1. The number of fused-ring (bicyclic) bond motifs is 5. The zero-order valence-electron chi connectivity index (χ0n) is 22.4. The van der Waals surface area contributed by atoms with Gasteiger partial charge in [-0.15, -0.1) is 0 Å². The fourth-order valence-electron chi connectivity index (χ4n) is 9.29. The molecule has 0 aromatic carbocycles. The average molecular weight is 474 g/mol. The molecule has 0 N–H and O–H groups in total. The average Bonchev–Trinajstić information content (AvgIpc) is 3.10. The number of rotatable bonds is 7. The number of carbonyl (C=O) groups excluding carboxylic acids is 1. The number of allylic oxidation sites excluding steroid dienone is 1. The third-order valence-corrected chi connectivity index (χ3v) is 10.9. The van der Waals surface area contributed by atoms with Gasteiger partial charge in [-0.3, -0.25) is 14.9 Å². The summed E-state index contributed by atoms with van der Waals surface area (Å²) in [4.78, 5) is 23.8. The molecule has 0 aliphatic heterocycles. The van der Waals surface area contributed by atoms with Crippen molar-refractivity contribution in [1.29, 1.82) is 0 Å². The van der Waals surface area contributed by atoms with Crippen LogP contribution < -0.4 is 0 Å². The van der Waals surface area contributed by atoms with Gasteiger partial charge in [0.2, 0.25) is 5.70 Å². The van der Waals surface area contributed by atoms with Gasteiger partial charge in [-0.05, 0) is 84.9 Å². The van der Waals surface area contributed by atoms with Gasteiger partial charge in [0, 0.05) is 25.3 Å². The summed E-state index contributed by atoms with van der Waals surface area (Å²) < 4.78 is 5.53. The highest BCUT2D eigenvalue weighted by molar-refractivity contribution is 5.66. The van der Waals surface area contributed by atoms with Crippen molar-refractivity contribution in [3.63, 3.8) is 0 Å². The molecule has 4 aliphatic carbocycles. The van der Waals surface area contributed by atoms with E-state index in [0.29, 0.717) is 41.7 Å². The van der Waals surface area contributed by atoms with Crippen LogP contribution in [0.4, 0.5) is 0 Å². The molecule has 0 aromatic heterocycles. The first kappa shape index (κ1) is 25.7. The molecular weight excluding hydrogens is 426 g/mol. The summed E-state index contributed by atoms with van der Waals surface area (Å²) in [5.41, 5.74) is 1.66. The molecule has 0 radical (unpaired) electrons. The molecule has 4 aliphatic rings. The lowest BCUT2D eigenvalue weighted by Gasteiger charge is -2.58. The second kappa shape index (κ2) is 9.58. The fourth-order valence-corrected chi connectivity index (χ4v) is 9.29. The van der Waals surface area contributed by atoms with Gasteiger partial charge in [-0.25, -0.2) is 0 Å². The van der Waals surface area contributed by atoms with Crippen LogP contribution in [-0.4, -0.2) is 17.0 Å². The Morgan fingerprint density at radius 2 is 1.79 bits per heavy atom. The van der Waals surface area contributed by atoms with Crippen molar-refractivity contribution in [2.75, 3.05) is 0 Å². The van der Waals surface area contributed by atoms with Crippen molar-refractivity contribution in [2.45, 2.75) is 118 Å². The Labute approximate surface area is 206 Å². The quantitative estimate of drug-likeness (QED) is 0.217. The number of esters is 1. The zero-order valence-corrected chi connectivity index (χ0v) is 22.4. The Balaban J connectivity index is 1.58. The van der Waals surface area contributed by atoms with Gasteiger partial charge in [-0.2, -0.15) is 0 Å². The van der Waals surface area contributed by atoms with Crippen LogP contribution in [0.1, 0.15) is 112 Å². The second-order valence-corrected chi connectivity index (χ2v) is 13.2.